The summed E-state index contributed by atoms with van der Waals surface area (Å²) in [6.45, 7) is 15.6. The number of nitrogens with one attached hydrogen (secondary N) is 3. The van der Waals surface area contributed by atoms with Gasteiger partial charge in [0.1, 0.15) is 110 Å². The number of phenols is 18. The molecule has 34 nitrogen and oxygen atoms in total. The van der Waals surface area contributed by atoms with Crippen molar-refractivity contribution in [1.82, 2.24) is 0 Å². The minimum absolute atomic E-state index is 0.00296. The van der Waals surface area contributed by atoms with Crippen LogP contribution in [0.25, 0.3) is 0 Å². The number of aliphatic hydroxyl groups is 1. The van der Waals surface area contributed by atoms with E-state index in [2.05, 4.69) is 16.0 Å². The van der Waals surface area contributed by atoms with Crippen LogP contribution >= 0.6 is 0 Å². The van der Waals surface area contributed by atoms with Gasteiger partial charge in [-0.25, -0.2) is 0 Å². The van der Waals surface area contributed by atoms with Crippen molar-refractivity contribution < 1.29 is 158 Å². The van der Waals surface area contributed by atoms with Crippen molar-refractivity contribution in [3.8, 4) is 103 Å². The Hall–Kier alpha value is -13.1. The monoisotopic (exact) mass is 1750 g/mol. The summed E-state index contributed by atoms with van der Waals surface area (Å²) in [5.74, 6) is -14.4. The highest BCUT2D eigenvalue weighted by molar-refractivity contribution is 5.91. The number of rotatable bonds is 15. The lowest BCUT2D eigenvalue weighted by atomic mass is 9.62. The molecule has 5 aliphatic rings. The number of hydrogen-bond acceptors (Lipinski definition) is 32. The summed E-state index contributed by atoms with van der Waals surface area (Å²) >= 11 is 0. The van der Waals surface area contributed by atoms with E-state index in [1.165, 1.54) is 63.2 Å². The molecule has 15 rings (SSSR count). The smallest absolute Gasteiger partial charge is 0.221 e. The fourth-order valence-electron chi connectivity index (χ4n) is 17.9. The predicted octanol–water partition coefficient (Wildman–Crippen LogP) is 1.49. The lowest BCUT2D eigenvalue weighted by Crippen LogP contribution is -2.64. The first-order valence-corrected chi connectivity index (χ1v) is 39.9. The van der Waals surface area contributed by atoms with Crippen molar-refractivity contribution in [3.63, 3.8) is 0 Å². The second kappa shape index (κ2) is 37.2. The minimum atomic E-state index is -1.61. The Morgan fingerprint density at radius 1 is 0.283 bits per heavy atom. The average Bonchev–Trinajstić information content (AvgIpc) is 0.730. The average molecular weight is 1750 g/mol. The fourth-order valence-corrected chi connectivity index (χ4v) is 17.9. The van der Waals surface area contributed by atoms with Gasteiger partial charge in [-0.1, -0.05) is 24.3 Å². The highest BCUT2D eigenvalue weighted by atomic mass is 16.3. The Morgan fingerprint density at radius 2 is 0.559 bits per heavy atom. The number of carbonyl (C=O) groups is 2. The molecule has 678 valence electrons. The topological polar surface area (TPSA) is 685 Å². The number of amides is 2. The second-order valence-electron chi connectivity index (χ2n) is 32.8. The van der Waals surface area contributed by atoms with Crippen molar-refractivity contribution in [3.05, 3.63) is 227 Å². The van der Waals surface area contributed by atoms with Gasteiger partial charge in [-0.3, -0.25) is 9.59 Å². The molecule has 22 N–H and O–H groups in total. The van der Waals surface area contributed by atoms with Crippen LogP contribution in [0.3, 0.4) is 0 Å². The standard InChI is InChI=1S/C20H22O4.C19H19NO7.C18H18N2O8.2C18H18O6/c1-9-7-15(21)11(3)5-13(9)17-19(23)18(20(17)24)14-6-12(4)16(22)8-10(14)2;1-7-3-9(22)5-12(24)14(7)16-18(26)17(19(16)27)15-11(20-8(2)21)4-10(23)6-13(15)25;21-5-19-9-1-7(23)3-11(25)13(9)15-17(27)16(18(15)28)14-10(20-6-22)2-8(24)4-12(14)26;1-7-3-9(13(21)5-11(7)19)15-17(23)16(18(15)24)10-4-8(2)12(20)6-14(10)22;1-7-11(19)5-3-9(15(7)21)13-17(23)14(18(13)24)10-4-6-12(20)8(2)16(10)22/h5-8,17-22H,1-4H3;3-6,16-19,22-25H,1-2H3,(H,20,21);1-5,15-18,20,22-26H,6H2,(H,19,21);3-6,15-22H,1-2H3;3-6,13-14,17-22H,1-2H3/q5*-2. The quantitative estimate of drug-likeness (QED) is 0.0511. The zero-order valence-corrected chi connectivity index (χ0v) is 69.8. The zero-order valence-electron chi connectivity index (χ0n) is 69.8. The second-order valence-corrected chi connectivity index (χ2v) is 32.8. The van der Waals surface area contributed by atoms with Crippen molar-refractivity contribution in [2.24, 2.45) is 0 Å². The maximum absolute atomic E-state index is 12.9. The molecular formula is C93H95N3O31-10. The summed E-state index contributed by atoms with van der Waals surface area (Å²) in [7, 11) is 0. The summed E-state index contributed by atoms with van der Waals surface area (Å²) < 4.78 is 0. The van der Waals surface area contributed by atoms with E-state index in [0.29, 0.717) is 27.8 Å². The van der Waals surface area contributed by atoms with Crippen LogP contribution in [-0.2, 0) is 9.59 Å². The summed E-state index contributed by atoms with van der Waals surface area (Å²) in [6.07, 6.45) is -13.3. The molecule has 0 aromatic heterocycles. The van der Waals surface area contributed by atoms with Crippen molar-refractivity contribution in [1.29, 1.82) is 0 Å². The lowest BCUT2D eigenvalue weighted by Gasteiger charge is -2.62. The van der Waals surface area contributed by atoms with Gasteiger partial charge >= 0.3 is 0 Å². The number of carbonyl (C=O) groups excluding carboxylic acids is 2. The Balaban J connectivity index is 0.000000154. The molecule has 0 saturated heterocycles. The molecule has 34 heteroatoms. The van der Waals surface area contributed by atoms with Crippen molar-refractivity contribution >= 4 is 29.4 Å². The van der Waals surface area contributed by atoms with Gasteiger partial charge in [0.15, 0.2) is 0 Å². The van der Waals surface area contributed by atoms with E-state index in [0.717, 1.165) is 76.9 Å². The van der Waals surface area contributed by atoms with Crippen molar-refractivity contribution in [2.45, 2.75) is 189 Å². The molecule has 127 heavy (non-hydrogen) atoms. The van der Waals surface area contributed by atoms with Crippen LogP contribution in [0.1, 0.15) is 172 Å². The number of aliphatic hydroxyl groups excluding tert-OH is 1. The van der Waals surface area contributed by atoms with E-state index in [-0.39, 0.29) is 165 Å². The van der Waals surface area contributed by atoms with E-state index >= 15 is 0 Å². The zero-order chi connectivity index (χ0) is 93.9. The number of phenolic OH excluding ortho intramolecular Hbond substituents is 18. The first-order valence-electron chi connectivity index (χ1n) is 39.9. The molecule has 0 aliphatic heterocycles. The molecule has 4 unspecified atom stereocenters. The number of aryl methyl sites for hydroxylation is 7. The van der Waals surface area contributed by atoms with Crippen molar-refractivity contribution in [2.75, 3.05) is 22.7 Å². The molecule has 0 spiro atoms. The highest BCUT2D eigenvalue weighted by Gasteiger charge is 2.47. The summed E-state index contributed by atoms with van der Waals surface area (Å²) in [6, 6.07) is 26.1. The third-order valence-electron chi connectivity index (χ3n) is 24.9. The van der Waals surface area contributed by atoms with Crippen LogP contribution in [-0.4, -0.2) is 177 Å². The van der Waals surface area contributed by atoms with Gasteiger partial charge in [0.25, 0.3) is 0 Å². The van der Waals surface area contributed by atoms with E-state index in [1.807, 2.05) is 13.8 Å². The Kier molecular flexibility index (Phi) is 27.7. The fraction of sp³-hybridized carbons (Fsp3) is 0.333. The number of aromatic hydroxyl groups is 18. The van der Waals surface area contributed by atoms with Gasteiger partial charge in [0.05, 0.1) is 11.4 Å². The molecule has 4 atom stereocenters. The largest absolute Gasteiger partial charge is 0.851 e. The van der Waals surface area contributed by atoms with Crippen LogP contribution < -0.4 is 67.0 Å². The van der Waals surface area contributed by atoms with E-state index in [4.69, 9.17) is 5.11 Å². The van der Waals surface area contributed by atoms with Gasteiger partial charge in [-0.15, -0.1) is 61.0 Å². The third-order valence-corrected chi connectivity index (χ3v) is 24.9. The highest BCUT2D eigenvalue weighted by Crippen LogP contribution is 2.59. The summed E-state index contributed by atoms with van der Waals surface area (Å²) in [5, 5.41) is 321. The maximum atomic E-state index is 12.9. The number of anilines is 3. The Morgan fingerprint density at radius 3 is 0.898 bits per heavy atom. The SMILES string of the molecule is CC(=O)Nc1cc(O)cc(O)c1C1C([O-])C(c2c(C)cc(O)cc2O)C1[O-].Cc1c(O)ccc(C2C([O-])C(c3ccc(O)c(C)c3O)C2[O-])c1O.Cc1cc(C2C([O-])C(c3cc(C)c(O)cc3C)C2[O-])c(C)cc1O.Cc1cc(C2C([O-])C(c3cc(C)c(O)cc3O)C2[O-])c(O)cc1O.O=CNc1cc(O)cc(O)c1C1C([O-])C(c2c(O)cc(O)cc2NCO)C1[O-]. The molecule has 0 heterocycles. The van der Waals surface area contributed by atoms with Gasteiger partial charge < -0.3 is 164 Å². The van der Waals surface area contributed by atoms with Gasteiger partial charge in [-0.05, 0) is 242 Å². The number of benzene rings is 10. The molecule has 5 fully saturated rings. The van der Waals surface area contributed by atoms with Crippen LogP contribution in [0.2, 0.25) is 0 Å². The maximum Gasteiger partial charge on any atom is 0.221 e. The molecule has 2 amide bonds. The van der Waals surface area contributed by atoms with E-state index in [9.17, 15) is 153 Å². The van der Waals surface area contributed by atoms with Crippen LogP contribution in [0.15, 0.2) is 121 Å². The molecule has 10 aromatic carbocycles. The van der Waals surface area contributed by atoms with Gasteiger partial charge in [0, 0.05) is 95.0 Å². The van der Waals surface area contributed by atoms with Gasteiger partial charge in [0.2, 0.25) is 12.3 Å². The number of hydrogen-bond donors (Lipinski definition) is 22. The molecular weight excluding hydrogens is 1660 g/mol. The summed E-state index contributed by atoms with van der Waals surface area (Å²) in [5.41, 5.74) is 7.01. The van der Waals surface area contributed by atoms with Crippen LogP contribution in [0.4, 0.5) is 17.1 Å². The van der Waals surface area contributed by atoms with E-state index in [1.54, 1.807) is 58.9 Å². The summed E-state index contributed by atoms with van der Waals surface area (Å²) in [4.78, 5) is 22.2. The first-order chi connectivity index (χ1) is 59.6. The third kappa shape index (κ3) is 17.9. The molecule has 0 bridgehead atoms. The molecule has 5 aliphatic carbocycles. The molecule has 10 aromatic rings. The van der Waals surface area contributed by atoms with Crippen LogP contribution in [0.5, 0.6) is 103 Å². The van der Waals surface area contributed by atoms with Crippen LogP contribution in [0, 0.1) is 62.3 Å². The molecule has 5 saturated carbocycles. The first kappa shape index (κ1) is 94.6. The predicted molar refractivity (Wildman–Crippen MR) is 437 cm³/mol. The van der Waals surface area contributed by atoms with E-state index < -0.39 is 150 Å². The molecule has 0 radical (unpaired) electrons. The Labute approximate surface area is 726 Å². The lowest BCUT2D eigenvalue weighted by molar-refractivity contribution is -0.536. The van der Waals surface area contributed by atoms with Gasteiger partial charge in [-0.2, -0.15) is 0 Å². The Bertz CT molecular complexity index is 5410. The minimum Gasteiger partial charge on any atom is -0.851 e. The normalized spacial score (nSPS) is 25.2.